The number of nitrogens with zero attached hydrogens (tertiary/aromatic N) is 2. The van der Waals surface area contributed by atoms with Gasteiger partial charge in [0, 0.05) is 0 Å². The zero-order valence-electron chi connectivity index (χ0n) is 6.77. The monoisotopic (exact) mass is 300 g/mol. The number of hydrogen-bond donors (Lipinski definition) is 0. The third kappa shape index (κ3) is 3.25. The van der Waals surface area contributed by atoms with Crippen molar-refractivity contribution in [2.75, 3.05) is 0 Å². The van der Waals surface area contributed by atoms with Gasteiger partial charge in [-0.15, -0.1) is 13.2 Å². The van der Waals surface area contributed by atoms with E-state index in [4.69, 9.17) is 16.9 Å². The van der Waals surface area contributed by atoms with E-state index < -0.39 is 12.2 Å². The molecule has 8 heteroatoms. The maximum atomic E-state index is 11.9. The summed E-state index contributed by atoms with van der Waals surface area (Å²) in [7, 11) is 0. The number of nitriles is 1. The molecule has 0 radical (unpaired) electrons. The number of aromatic nitrogens is 1. The van der Waals surface area contributed by atoms with Gasteiger partial charge in [0.1, 0.15) is 11.2 Å². The summed E-state index contributed by atoms with van der Waals surface area (Å²) in [5.74, 6) is -0.786. The molecule has 0 saturated heterocycles. The molecule has 0 aromatic carbocycles. The zero-order valence-corrected chi connectivity index (χ0v) is 9.11. The van der Waals surface area contributed by atoms with Crippen molar-refractivity contribution in [1.29, 1.82) is 5.26 Å². The van der Waals surface area contributed by atoms with Gasteiger partial charge < -0.3 is 4.74 Å². The third-order valence-electron chi connectivity index (χ3n) is 1.23. The molecule has 1 aromatic rings. The predicted molar refractivity (Wildman–Crippen MR) is 48.3 cm³/mol. The van der Waals surface area contributed by atoms with Crippen LogP contribution in [-0.2, 0) is 0 Å². The first-order valence-electron chi connectivity index (χ1n) is 3.35. The topological polar surface area (TPSA) is 45.9 Å². The van der Waals surface area contributed by atoms with Crippen molar-refractivity contribution in [3.05, 3.63) is 21.3 Å². The van der Waals surface area contributed by atoms with Crippen LogP contribution in [0, 0.1) is 11.3 Å². The van der Waals surface area contributed by atoms with E-state index in [1.54, 1.807) is 6.07 Å². The Kier molecular flexibility index (Phi) is 3.42. The SMILES string of the molecule is N#Cc1cc(Cl)nc(OC(F)(F)F)c1Br. The second-order valence-electron chi connectivity index (χ2n) is 2.27. The molecule has 0 aliphatic heterocycles. The number of rotatable bonds is 1. The molecule has 1 heterocycles. The summed E-state index contributed by atoms with van der Waals surface area (Å²) in [6.45, 7) is 0. The van der Waals surface area contributed by atoms with Crippen molar-refractivity contribution >= 4 is 27.5 Å². The van der Waals surface area contributed by atoms with E-state index in [1.807, 2.05) is 0 Å². The standard InChI is InChI=1S/C7HBrClF3N2O/c8-5-3(2-13)1-4(9)14-6(5)15-7(10,11)12/h1H. The Balaban J connectivity index is 3.20. The molecule has 15 heavy (non-hydrogen) atoms. The highest BCUT2D eigenvalue weighted by atomic mass is 79.9. The second kappa shape index (κ2) is 4.24. The third-order valence-corrected chi connectivity index (χ3v) is 2.19. The highest BCUT2D eigenvalue weighted by molar-refractivity contribution is 9.10. The van der Waals surface area contributed by atoms with E-state index in [0.717, 1.165) is 6.07 Å². The highest BCUT2D eigenvalue weighted by Crippen LogP contribution is 2.32. The molecule has 3 nitrogen and oxygen atoms in total. The second-order valence-corrected chi connectivity index (χ2v) is 3.45. The molecule has 80 valence electrons. The van der Waals surface area contributed by atoms with Gasteiger partial charge in [-0.1, -0.05) is 11.6 Å². The first-order chi connectivity index (χ1) is 6.83. The molecule has 0 fully saturated rings. The average molecular weight is 301 g/mol. The Morgan fingerprint density at radius 2 is 2.13 bits per heavy atom. The van der Waals surface area contributed by atoms with Crippen molar-refractivity contribution in [3.8, 4) is 11.9 Å². The van der Waals surface area contributed by atoms with E-state index in [0.29, 0.717) is 0 Å². The van der Waals surface area contributed by atoms with Crippen molar-refractivity contribution in [1.82, 2.24) is 4.98 Å². The molecule has 0 bridgehead atoms. The minimum atomic E-state index is -4.88. The summed E-state index contributed by atoms with van der Waals surface area (Å²) in [5.41, 5.74) is -0.0887. The first-order valence-corrected chi connectivity index (χ1v) is 4.52. The lowest BCUT2D eigenvalue weighted by atomic mass is 10.3. The quantitative estimate of drug-likeness (QED) is 0.748. The van der Waals surface area contributed by atoms with E-state index >= 15 is 0 Å². The molecule has 1 rings (SSSR count). The maximum absolute atomic E-state index is 11.9. The van der Waals surface area contributed by atoms with E-state index in [1.165, 1.54) is 0 Å². The fourth-order valence-corrected chi connectivity index (χ4v) is 1.29. The van der Waals surface area contributed by atoms with Crippen LogP contribution in [-0.4, -0.2) is 11.3 Å². The van der Waals surface area contributed by atoms with Gasteiger partial charge in [-0.2, -0.15) is 5.26 Å². The molecule has 0 unspecified atom stereocenters. The zero-order chi connectivity index (χ0) is 11.6. The highest BCUT2D eigenvalue weighted by Gasteiger charge is 2.33. The minimum absolute atomic E-state index is 0.0887. The summed E-state index contributed by atoms with van der Waals surface area (Å²) in [6, 6.07) is 2.76. The molecule has 1 aromatic heterocycles. The Morgan fingerprint density at radius 3 is 2.60 bits per heavy atom. The van der Waals surface area contributed by atoms with Gasteiger partial charge in [0.2, 0.25) is 5.88 Å². The van der Waals surface area contributed by atoms with Crippen LogP contribution in [0.2, 0.25) is 5.15 Å². The predicted octanol–water partition coefficient (Wildman–Crippen LogP) is 3.27. The van der Waals surface area contributed by atoms with Crippen LogP contribution in [0.1, 0.15) is 5.56 Å². The average Bonchev–Trinajstić information content (AvgIpc) is 2.08. The van der Waals surface area contributed by atoms with Crippen LogP contribution in [0.4, 0.5) is 13.2 Å². The lowest BCUT2D eigenvalue weighted by molar-refractivity contribution is -0.276. The molecule has 0 aliphatic carbocycles. The summed E-state index contributed by atoms with van der Waals surface area (Å²) in [4.78, 5) is 3.29. The molecule has 0 N–H and O–H groups in total. The lowest BCUT2D eigenvalue weighted by Crippen LogP contribution is -2.18. The van der Waals surface area contributed by atoms with Gasteiger partial charge in [0.05, 0.1) is 10.0 Å². The summed E-state index contributed by atoms with van der Waals surface area (Å²) >= 11 is 8.16. The van der Waals surface area contributed by atoms with Crippen LogP contribution in [0.3, 0.4) is 0 Å². The first kappa shape index (κ1) is 12.1. The fraction of sp³-hybridized carbons (Fsp3) is 0.143. The van der Waals surface area contributed by atoms with E-state index in [-0.39, 0.29) is 15.2 Å². The van der Waals surface area contributed by atoms with Crippen molar-refractivity contribution < 1.29 is 17.9 Å². The minimum Gasteiger partial charge on any atom is -0.387 e. The number of pyridine rings is 1. The Labute approximate surface area is 95.6 Å². The number of ether oxygens (including phenoxy) is 1. The van der Waals surface area contributed by atoms with E-state index in [2.05, 4.69) is 25.7 Å². The molecule has 0 saturated carbocycles. The van der Waals surface area contributed by atoms with Crippen LogP contribution in [0.15, 0.2) is 10.5 Å². The van der Waals surface area contributed by atoms with Crippen LogP contribution < -0.4 is 4.74 Å². The van der Waals surface area contributed by atoms with Gasteiger partial charge in [-0.25, -0.2) is 4.98 Å². The van der Waals surface area contributed by atoms with Crippen LogP contribution >= 0.6 is 27.5 Å². The summed E-state index contributed by atoms with van der Waals surface area (Å²) in [5, 5.41) is 8.31. The molecule has 0 atom stereocenters. The van der Waals surface area contributed by atoms with E-state index in [9.17, 15) is 13.2 Å². The van der Waals surface area contributed by atoms with Gasteiger partial charge in [-0.3, -0.25) is 0 Å². The van der Waals surface area contributed by atoms with Gasteiger partial charge in [-0.05, 0) is 22.0 Å². The van der Waals surface area contributed by atoms with Crippen molar-refractivity contribution in [2.45, 2.75) is 6.36 Å². The van der Waals surface area contributed by atoms with Crippen molar-refractivity contribution in [2.24, 2.45) is 0 Å². The Hall–Kier alpha value is -1.00. The smallest absolute Gasteiger partial charge is 0.387 e. The fourth-order valence-electron chi connectivity index (χ4n) is 0.735. The maximum Gasteiger partial charge on any atom is 0.574 e. The normalized spacial score (nSPS) is 10.9. The summed E-state index contributed by atoms with van der Waals surface area (Å²) in [6.07, 6.45) is -4.88. The number of halogens is 5. The number of hydrogen-bond acceptors (Lipinski definition) is 3. The molecular formula is C7HBrClF3N2O. The Morgan fingerprint density at radius 1 is 1.53 bits per heavy atom. The largest absolute Gasteiger partial charge is 0.574 e. The van der Waals surface area contributed by atoms with Gasteiger partial charge in [0.25, 0.3) is 0 Å². The Bertz CT molecular complexity index is 429. The molecule has 0 aliphatic rings. The lowest BCUT2D eigenvalue weighted by Gasteiger charge is -2.10. The summed E-state index contributed by atoms with van der Waals surface area (Å²) < 4.78 is 39.0. The molecule has 0 spiro atoms. The van der Waals surface area contributed by atoms with Crippen LogP contribution in [0.25, 0.3) is 0 Å². The van der Waals surface area contributed by atoms with Gasteiger partial charge >= 0.3 is 6.36 Å². The number of alkyl halides is 3. The molecule has 0 amide bonds. The van der Waals surface area contributed by atoms with Gasteiger partial charge in [0.15, 0.2) is 0 Å². The van der Waals surface area contributed by atoms with Crippen molar-refractivity contribution in [3.63, 3.8) is 0 Å². The molecular weight excluding hydrogens is 300 g/mol. The van der Waals surface area contributed by atoms with Crippen LogP contribution in [0.5, 0.6) is 5.88 Å².